The fourth-order valence-corrected chi connectivity index (χ4v) is 2.80. The van der Waals surface area contributed by atoms with E-state index < -0.39 is 12.4 Å². The molecule has 0 spiro atoms. The highest BCUT2D eigenvalue weighted by atomic mass is 35.5. The molecule has 0 aromatic heterocycles. The van der Waals surface area contributed by atoms with Crippen LogP contribution in [0.3, 0.4) is 0 Å². The number of hydrogen-bond donors (Lipinski definition) is 2. The number of aliphatic carboxylic acids is 1. The van der Waals surface area contributed by atoms with Gasteiger partial charge in [-0.1, -0.05) is 23.7 Å². The first-order valence-electron chi connectivity index (χ1n) is 6.55. The summed E-state index contributed by atoms with van der Waals surface area (Å²) in [5.41, 5.74) is 0.305. The molecule has 20 heavy (non-hydrogen) atoms. The van der Waals surface area contributed by atoms with E-state index in [-0.39, 0.29) is 22.5 Å². The summed E-state index contributed by atoms with van der Waals surface area (Å²) in [7, 11) is 0. The van der Waals surface area contributed by atoms with Gasteiger partial charge in [0.25, 0.3) is 6.43 Å². The van der Waals surface area contributed by atoms with Gasteiger partial charge in [0.15, 0.2) is 0 Å². The lowest BCUT2D eigenvalue weighted by Crippen LogP contribution is -2.29. The molecule has 1 aliphatic carbocycles. The van der Waals surface area contributed by atoms with Gasteiger partial charge < -0.3 is 10.4 Å². The lowest BCUT2D eigenvalue weighted by molar-refractivity contribution is -0.142. The maximum atomic E-state index is 12.7. The van der Waals surface area contributed by atoms with Gasteiger partial charge in [-0.05, 0) is 31.7 Å². The molecule has 2 N–H and O–H groups in total. The molecule has 1 aromatic rings. The number of carboxylic acids is 1. The molecule has 1 fully saturated rings. The van der Waals surface area contributed by atoms with Crippen LogP contribution in [0.4, 0.5) is 14.5 Å². The number of nitrogens with one attached hydrogen (secondary N) is 1. The largest absolute Gasteiger partial charge is 0.481 e. The van der Waals surface area contributed by atoms with Crippen molar-refractivity contribution >= 4 is 23.3 Å². The maximum Gasteiger partial charge on any atom is 0.306 e. The predicted octanol–water partition coefficient (Wildman–Crippen LogP) is 4.33. The minimum absolute atomic E-state index is 0.0443. The number of benzene rings is 1. The van der Waals surface area contributed by atoms with Crippen molar-refractivity contribution in [1.82, 2.24) is 0 Å². The van der Waals surface area contributed by atoms with E-state index in [1.807, 2.05) is 0 Å². The van der Waals surface area contributed by atoms with Crippen LogP contribution in [0, 0.1) is 5.92 Å². The van der Waals surface area contributed by atoms with E-state index in [9.17, 15) is 13.6 Å². The van der Waals surface area contributed by atoms with Crippen LogP contribution in [0.5, 0.6) is 0 Å². The van der Waals surface area contributed by atoms with Gasteiger partial charge in [-0.2, -0.15) is 0 Å². The fourth-order valence-electron chi connectivity index (χ4n) is 2.53. The first-order valence-corrected chi connectivity index (χ1v) is 6.92. The average molecular weight is 304 g/mol. The normalized spacial score (nSPS) is 22.8. The summed E-state index contributed by atoms with van der Waals surface area (Å²) < 4.78 is 25.5. The van der Waals surface area contributed by atoms with E-state index >= 15 is 0 Å². The smallest absolute Gasteiger partial charge is 0.306 e. The van der Waals surface area contributed by atoms with Gasteiger partial charge in [-0.25, -0.2) is 8.78 Å². The summed E-state index contributed by atoms with van der Waals surface area (Å²) in [4.78, 5) is 10.9. The van der Waals surface area contributed by atoms with Gasteiger partial charge in [0.2, 0.25) is 0 Å². The Morgan fingerprint density at radius 2 is 1.95 bits per heavy atom. The molecular formula is C14H16ClF2NO2. The lowest BCUT2D eigenvalue weighted by atomic mass is 9.86. The molecule has 0 atom stereocenters. The summed E-state index contributed by atoms with van der Waals surface area (Å²) >= 11 is 5.97. The van der Waals surface area contributed by atoms with Crippen LogP contribution in [0.25, 0.3) is 0 Å². The van der Waals surface area contributed by atoms with Gasteiger partial charge in [0.1, 0.15) is 0 Å². The monoisotopic (exact) mass is 303 g/mol. The number of hydrogen-bond acceptors (Lipinski definition) is 2. The fraction of sp³-hybridized carbons (Fsp3) is 0.500. The van der Waals surface area contributed by atoms with E-state index in [2.05, 4.69) is 5.32 Å². The third-order valence-electron chi connectivity index (χ3n) is 3.70. The second kappa shape index (κ2) is 6.39. The molecule has 1 aliphatic rings. The van der Waals surface area contributed by atoms with Crippen molar-refractivity contribution < 1.29 is 18.7 Å². The van der Waals surface area contributed by atoms with Crippen molar-refractivity contribution in [1.29, 1.82) is 0 Å². The highest BCUT2D eigenvalue weighted by molar-refractivity contribution is 6.34. The molecule has 6 heteroatoms. The van der Waals surface area contributed by atoms with Crippen molar-refractivity contribution in [3.63, 3.8) is 0 Å². The van der Waals surface area contributed by atoms with E-state index in [1.54, 1.807) is 12.1 Å². The van der Waals surface area contributed by atoms with Crippen LogP contribution in [0.2, 0.25) is 5.02 Å². The number of anilines is 1. The highest BCUT2D eigenvalue weighted by Crippen LogP contribution is 2.34. The molecule has 110 valence electrons. The molecule has 0 radical (unpaired) electrons. The van der Waals surface area contributed by atoms with Crippen LogP contribution < -0.4 is 5.32 Å². The molecule has 0 bridgehead atoms. The van der Waals surface area contributed by atoms with E-state index in [0.717, 1.165) is 0 Å². The van der Waals surface area contributed by atoms with Crippen LogP contribution in [-0.4, -0.2) is 17.1 Å². The molecule has 1 aromatic carbocycles. The Kier molecular flexibility index (Phi) is 4.81. The zero-order valence-electron chi connectivity index (χ0n) is 10.8. The van der Waals surface area contributed by atoms with Gasteiger partial charge >= 0.3 is 5.97 Å². The van der Waals surface area contributed by atoms with E-state index in [4.69, 9.17) is 16.7 Å². The van der Waals surface area contributed by atoms with Crippen molar-refractivity contribution in [3.05, 3.63) is 28.8 Å². The first kappa shape index (κ1) is 15.0. The summed E-state index contributed by atoms with van der Waals surface area (Å²) in [6.45, 7) is 0. The summed E-state index contributed by atoms with van der Waals surface area (Å²) in [6.07, 6.45) is -0.0107. The number of carbonyl (C=O) groups is 1. The zero-order valence-corrected chi connectivity index (χ0v) is 11.5. The van der Waals surface area contributed by atoms with Crippen molar-refractivity contribution in [2.75, 3.05) is 5.32 Å². The summed E-state index contributed by atoms with van der Waals surface area (Å²) in [5, 5.41) is 12.1. The van der Waals surface area contributed by atoms with Gasteiger partial charge in [-0.3, -0.25) is 4.79 Å². The maximum absolute atomic E-state index is 12.7. The Morgan fingerprint density at radius 1 is 1.30 bits per heavy atom. The Bertz CT molecular complexity index is 488. The Balaban J connectivity index is 2.01. The van der Waals surface area contributed by atoms with E-state index in [1.165, 1.54) is 6.07 Å². The molecule has 2 rings (SSSR count). The predicted molar refractivity (Wildman–Crippen MR) is 73.4 cm³/mol. The molecule has 0 amide bonds. The summed E-state index contributed by atoms with van der Waals surface area (Å²) in [6, 6.07) is 4.59. The third-order valence-corrected chi connectivity index (χ3v) is 4.12. The zero-order chi connectivity index (χ0) is 14.7. The van der Waals surface area contributed by atoms with Gasteiger partial charge in [-0.15, -0.1) is 0 Å². The Labute approximate surface area is 120 Å². The Hall–Kier alpha value is -1.36. The van der Waals surface area contributed by atoms with Crippen molar-refractivity contribution in [2.45, 2.75) is 38.2 Å². The van der Waals surface area contributed by atoms with E-state index in [0.29, 0.717) is 31.4 Å². The standard InChI is InChI=1S/C14H16ClF2NO2/c15-12-10(13(16)17)2-1-3-11(12)18-9-6-4-8(5-7-9)14(19)20/h1-3,8-9,13,18H,4-7H2,(H,19,20). The second-order valence-corrected chi connectivity index (χ2v) is 5.42. The molecule has 0 saturated heterocycles. The van der Waals surface area contributed by atoms with Gasteiger partial charge in [0, 0.05) is 11.6 Å². The Morgan fingerprint density at radius 3 is 2.50 bits per heavy atom. The topological polar surface area (TPSA) is 49.3 Å². The number of carboxylic acid groups (broad SMARTS) is 1. The SMILES string of the molecule is O=C(O)C1CCC(Nc2cccc(C(F)F)c2Cl)CC1. The molecule has 0 aliphatic heterocycles. The molecule has 0 heterocycles. The number of halogens is 3. The number of rotatable bonds is 4. The number of alkyl halides is 2. The minimum atomic E-state index is -2.60. The lowest BCUT2D eigenvalue weighted by Gasteiger charge is -2.28. The van der Waals surface area contributed by atoms with Crippen molar-refractivity contribution in [2.24, 2.45) is 5.92 Å². The summed E-state index contributed by atoms with van der Waals surface area (Å²) in [5.74, 6) is -1.06. The minimum Gasteiger partial charge on any atom is -0.481 e. The van der Waals surface area contributed by atoms with Crippen molar-refractivity contribution in [3.8, 4) is 0 Å². The molecule has 3 nitrogen and oxygen atoms in total. The molecular weight excluding hydrogens is 288 g/mol. The van der Waals surface area contributed by atoms with Crippen LogP contribution in [0.1, 0.15) is 37.7 Å². The van der Waals surface area contributed by atoms with Crippen LogP contribution in [0.15, 0.2) is 18.2 Å². The third kappa shape index (κ3) is 3.39. The molecule has 0 unspecified atom stereocenters. The average Bonchev–Trinajstić information content (AvgIpc) is 2.41. The van der Waals surface area contributed by atoms with Gasteiger partial charge in [0.05, 0.1) is 16.6 Å². The van der Waals surface area contributed by atoms with Crippen LogP contribution >= 0.6 is 11.6 Å². The first-order chi connectivity index (χ1) is 9.49. The quantitative estimate of drug-likeness (QED) is 0.870. The van der Waals surface area contributed by atoms with Crippen LogP contribution in [-0.2, 0) is 4.79 Å². The highest BCUT2D eigenvalue weighted by Gasteiger charge is 2.26. The second-order valence-electron chi connectivity index (χ2n) is 5.04. The molecule has 1 saturated carbocycles.